The lowest BCUT2D eigenvalue weighted by Crippen LogP contribution is -2.49. The van der Waals surface area contributed by atoms with Crippen molar-refractivity contribution in [1.29, 1.82) is 0 Å². The number of ether oxygens (including phenoxy) is 1. The largest absolute Gasteiger partial charge is 0.458 e. The van der Waals surface area contributed by atoms with Crippen LogP contribution in [0.5, 0.6) is 0 Å². The third kappa shape index (κ3) is 7.89. The van der Waals surface area contributed by atoms with Gasteiger partial charge in [-0.3, -0.25) is 19.8 Å². The minimum Gasteiger partial charge on any atom is -0.458 e. The molecule has 3 aromatic rings. The van der Waals surface area contributed by atoms with Crippen LogP contribution >= 0.6 is 11.6 Å². The van der Waals surface area contributed by atoms with Gasteiger partial charge in [0, 0.05) is 37.6 Å². The van der Waals surface area contributed by atoms with E-state index in [9.17, 15) is 32.5 Å². The van der Waals surface area contributed by atoms with Gasteiger partial charge in [-0.1, -0.05) is 24.1 Å². The molecule has 0 radical (unpaired) electrons. The number of aryl methyl sites for hydroxylation is 1. The highest BCUT2D eigenvalue weighted by Crippen LogP contribution is 2.37. The van der Waals surface area contributed by atoms with E-state index in [1.54, 1.807) is 11.0 Å². The molecule has 1 aromatic heterocycles. The van der Waals surface area contributed by atoms with E-state index in [2.05, 4.69) is 4.90 Å². The number of benzene rings is 2. The van der Waals surface area contributed by atoms with Crippen LogP contribution in [0.25, 0.3) is 11.0 Å². The lowest BCUT2D eigenvalue weighted by atomic mass is 9.84. The predicted molar refractivity (Wildman–Crippen MR) is 156 cm³/mol. The molecule has 2 heterocycles. The fourth-order valence-corrected chi connectivity index (χ4v) is 6.38. The summed E-state index contributed by atoms with van der Waals surface area (Å²) in [4.78, 5) is 26.7. The van der Waals surface area contributed by atoms with Gasteiger partial charge < -0.3 is 14.1 Å². The van der Waals surface area contributed by atoms with E-state index in [1.165, 1.54) is 18.2 Å². The number of carbonyl (C=O) groups excluding carboxylic acids is 1. The van der Waals surface area contributed by atoms with Crippen LogP contribution in [0, 0.1) is 21.8 Å². The van der Waals surface area contributed by atoms with Crippen molar-refractivity contribution in [2.24, 2.45) is 5.92 Å². The van der Waals surface area contributed by atoms with Gasteiger partial charge in [-0.2, -0.15) is 13.2 Å². The fraction of sp³-hybridized carbons (Fsp3) is 0.516. The summed E-state index contributed by atoms with van der Waals surface area (Å²) in [6.45, 7) is 2.91. The molecule has 2 aliphatic rings. The Hall–Kier alpha value is -3.22. The Bertz CT molecular complexity index is 1480. The van der Waals surface area contributed by atoms with Crippen LogP contribution in [0.3, 0.4) is 0 Å². The van der Waals surface area contributed by atoms with Crippen LogP contribution < -0.4 is 0 Å². The molecule has 2 aromatic carbocycles. The first-order valence-corrected chi connectivity index (χ1v) is 15.2. The lowest BCUT2D eigenvalue weighted by molar-refractivity contribution is -0.388. The first kappa shape index (κ1) is 32.2. The number of amides is 1. The molecule has 1 aliphatic carbocycles. The number of alkyl halides is 3. The highest BCUT2D eigenvalue weighted by Gasteiger charge is 2.38. The van der Waals surface area contributed by atoms with Crippen molar-refractivity contribution in [3.8, 4) is 0 Å². The molecule has 5 rings (SSSR count). The quantitative estimate of drug-likeness (QED) is 0.131. The van der Waals surface area contributed by atoms with Gasteiger partial charge in [-0.05, 0) is 74.3 Å². The maximum absolute atomic E-state index is 13.6. The molecule has 0 unspecified atom stereocenters. The standard InChI is InChI=1S/C31H34ClF4N3O5/c32-30-24-17-22(33)7-11-27(24)44-28(30)18-37-12-14-38(15-13-37)29(40)19-43-23-8-4-20(5-9-23)2-1-3-21-6-10-26(39(41)42)25(16-21)31(34,35)36/h6-7,10-11,16-17,20,23H,1-5,8-9,12-15,18-19H2. The van der Waals surface area contributed by atoms with E-state index < -0.39 is 22.4 Å². The number of hydrogen-bond acceptors (Lipinski definition) is 6. The first-order chi connectivity index (χ1) is 21.0. The molecule has 1 amide bonds. The monoisotopic (exact) mass is 639 g/mol. The maximum Gasteiger partial charge on any atom is 0.423 e. The second-order valence-electron chi connectivity index (χ2n) is 11.6. The molecule has 1 saturated heterocycles. The zero-order valence-corrected chi connectivity index (χ0v) is 24.8. The molecule has 44 heavy (non-hydrogen) atoms. The van der Waals surface area contributed by atoms with Gasteiger partial charge in [0.2, 0.25) is 5.91 Å². The predicted octanol–water partition coefficient (Wildman–Crippen LogP) is 7.39. The number of nitrogens with zero attached hydrogens (tertiary/aromatic N) is 3. The molecular weight excluding hydrogens is 606 g/mol. The van der Waals surface area contributed by atoms with Gasteiger partial charge in [0.25, 0.3) is 5.69 Å². The van der Waals surface area contributed by atoms with E-state index in [4.69, 9.17) is 20.8 Å². The number of halogens is 5. The van der Waals surface area contributed by atoms with Crippen molar-refractivity contribution in [2.75, 3.05) is 32.8 Å². The van der Waals surface area contributed by atoms with Crippen molar-refractivity contribution < 1.29 is 36.4 Å². The number of rotatable bonds is 10. The van der Waals surface area contributed by atoms with E-state index in [1.807, 2.05) is 0 Å². The Morgan fingerprint density at radius 1 is 1.07 bits per heavy atom. The number of hydrogen-bond donors (Lipinski definition) is 0. The van der Waals surface area contributed by atoms with Gasteiger partial charge >= 0.3 is 6.18 Å². The molecule has 0 spiro atoms. The zero-order chi connectivity index (χ0) is 31.4. The first-order valence-electron chi connectivity index (χ1n) is 14.8. The summed E-state index contributed by atoms with van der Waals surface area (Å²) in [5.74, 6) is 0.580. The Morgan fingerprint density at radius 2 is 1.80 bits per heavy atom. The van der Waals surface area contributed by atoms with Crippen LogP contribution in [0.1, 0.15) is 55.4 Å². The van der Waals surface area contributed by atoms with Crippen LogP contribution in [0.15, 0.2) is 40.8 Å². The van der Waals surface area contributed by atoms with E-state index in [0.717, 1.165) is 44.2 Å². The summed E-state index contributed by atoms with van der Waals surface area (Å²) < 4.78 is 65.0. The van der Waals surface area contributed by atoms with E-state index >= 15 is 0 Å². The van der Waals surface area contributed by atoms with E-state index in [0.29, 0.717) is 78.8 Å². The smallest absolute Gasteiger partial charge is 0.423 e. The van der Waals surface area contributed by atoms with E-state index in [-0.39, 0.29) is 24.4 Å². The second kappa shape index (κ2) is 13.8. The number of nitro groups is 1. The average Bonchev–Trinajstić information content (AvgIpc) is 3.30. The van der Waals surface area contributed by atoms with Gasteiger partial charge in [-0.25, -0.2) is 4.39 Å². The van der Waals surface area contributed by atoms with Gasteiger partial charge in [0.1, 0.15) is 29.3 Å². The molecule has 2 fully saturated rings. The Kier molecular flexibility index (Phi) is 10.1. The van der Waals surface area contributed by atoms with Crippen molar-refractivity contribution >= 4 is 34.2 Å². The van der Waals surface area contributed by atoms with Crippen LogP contribution in [0.4, 0.5) is 23.2 Å². The molecule has 1 saturated carbocycles. The Balaban J connectivity index is 0.987. The molecular formula is C31H34ClF4N3O5. The molecule has 13 heteroatoms. The maximum atomic E-state index is 13.6. The number of carbonyl (C=O) groups is 1. The molecule has 0 atom stereocenters. The minimum absolute atomic E-state index is 0.000527. The van der Waals surface area contributed by atoms with Crippen molar-refractivity contribution in [1.82, 2.24) is 9.80 Å². The van der Waals surface area contributed by atoms with Crippen molar-refractivity contribution in [3.05, 3.63) is 74.2 Å². The summed E-state index contributed by atoms with van der Waals surface area (Å²) >= 11 is 6.41. The van der Waals surface area contributed by atoms with Crippen molar-refractivity contribution in [2.45, 2.75) is 63.8 Å². The van der Waals surface area contributed by atoms with Crippen LogP contribution in [0.2, 0.25) is 5.02 Å². The topological polar surface area (TPSA) is 89.1 Å². The minimum atomic E-state index is -4.78. The molecule has 0 bridgehead atoms. The average molecular weight is 640 g/mol. The third-order valence-corrected chi connectivity index (χ3v) is 9.04. The second-order valence-corrected chi connectivity index (χ2v) is 12.0. The highest BCUT2D eigenvalue weighted by molar-refractivity contribution is 6.36. The normalized spacial score (nSPS) is 19.9. The zero-order valence-electron chi connectivity index (χ0n) is 24.1. The van der Waals surface area contributed by atoms with Crippen LogP contribution in [-0.4, -0.2) is 59.5 Å². The van der Waals surface area contributed by atoms with Crippen LogP contribution in [-0.2, 0) is 28.7 Å². The summed E-state index contributed by atoms with van der Waals surface area (Å²) in [6, 6.07) is 7.47. The molecule has 8 nitrogen and oxygen atoms in total. The summed E-state index contributed by atoms with van der Waals surface area (Å²) in [5, 5.41) is 11.9. The molecule has 0 N–H and O–H groups in total. The number of nitro benzene ring substituents is 1. The summed E-state index contributed by atoms with van der Waals surface area (Å²) in [5.41, 5.74) is -1.16. The number of furan rings is 1. The Morgan fingerprint density at radius 3 is 2.48 bits per heavy atom. The highest BCUT2D eigenvalue weighted by atomic mass is 35.5. The molecule has 238 valence electrons. The lowest BCUT2D eigenvalue weighted by Gasteiger charge is -2.35. The third-order valence-electron chi connectivity index (χ3n) is 8.63. The number of fused-ring (bicyclic) bond motifs is 1. The summed E-state index contributed by atoms with van der Waals surface area (Å²) in [7, 11) is 0. The van der Waals surface area contributed by atoms with Gasteiger partial charge in [0.15, 0.2) is 0 Å². The summed E-state index contributed by atoms with van der Waals surface area (Å²) in [6.07, 6.45) is 0.673. The SMILES string of the molecule is O=C(COC1CCC(CCCc2ccc([N+](=O)[O-])c(C(F)(F)F)c2)CC1)N1CCN(Cc2oc3ccc(F)cc3c2Cl)CC1. The van der Waals surface area contributed by atoms with Gasteiger partial charge in [-0.15, -0.1) is 0 Å². The van der Waals surface area contributed by atoms with Crippen molar-refractivity contribution in [3.63, 3.8) is 0 Å². The van der Waals surface area contributed by atoms with Gasteiger partial charge in [0.05, 0.1) is 22.6 Å². The number of piperazine rings is 1. The Labute approximate surface area is 257 Å². The fourth-order valence-electron chi connectivity index (χ4n) is 6.14. The molecule has 1 aliphatic heterocycles.